The molecule has 1 aliphatic heterocycles. The first-order valence-corrected chi connectivity index (χ1v) is 9.24. The number of hydrogen-bond donors (Lipinski definition) is 2. The highest BCUT2D eigenvalue weighted by atomic mass is 79.9. The Labute approximate surface area is 158 Å². The quantitative estimate of drug-likeness (QED) is 0.790. The van der Waals surface area contributed by atoms with Crippen molar-refractivity contribution in [3.63, 3.8) is 0 Å². The van der Waals surface area contributed by atoms with Gasteiger partial charge in [-0.3, -0.25) is 4.79 Å². The van der Waals surface area contributed by atoms with Crippen LogP contribution in [-0.4, -0.2) is 31.2 Å². The second-order valence-corrected chi connectivity index (χ2v) is 7.86. The van der Waals surface area contributed by atoms with E-state index < -0.39 is 5.54 Å². The Morgan fingerprint density at radius 1 is 1.12 bits per heavy atom. The van der Waals surface area contributed by atoms with Crippen molar-refractivity contribution in [3.05, 3.63) is 34.3 Å². The fourth-order valence-electron chi connectivity index (χ4n) is 3.81. The van der Waals surface area contributed by atoms with Gasteiger partial charge in [-0.2, -0.15) is 0 Å². The first-order chi connectivity index (χ1) is 11.0. The monoisotopic (exact) mass is 416 g/mol. The smallest absolute Gasteiger partial charge is 0.240 e. The fraction of sp³-hybridized carbons (Fsp3) is 0.611. The molecule has 24 heavy (non-hydrogen) atoms. The van der Waals surface area contributed by atoms with Crippen LogP contribution in [0.25, 0.3) is 0 Å². The van der Waals surface area contributed by atoms with Crippen LogP contribution in [0.4, 0.5) is 0 Å². The number of amides is 1. The third-order valence-corrected chi connectivity index (χ3v) is 5.97. The van der Waals surface area contributed by atoms with Crippen molar-refractivity contribution in [1.82, 2.24) is 5.32 Å². The number of ether oxygens (including phenoxy) is 1. The van der Waals surface area contributed by atoms with Gasteiger partial charge in [0.25, 0.3) is 0 Å². The van der Waals surface area contributed by atoms with E-state index >= 15 is 0 Å². The van der Waals surface area contributed by atoms with E-state index in [9.17, 15) is 4.79 Å². The summed E-state index contributed by atoms with van der Waals surface area (Å²) in [6, 6.07) is 8.52. The molecule has 0 bridgehead atoms. The van der Waals surface area contributed by atoms with Gasteiger partial charge in [0.15, 0.2) is 0 Å². The van der Waals surface area contributed by atoms with Crippen LogP contribution in [0.5, 0.6) is 0 Å². The molecule has 0 radical (unpaired) electrons. The van der Waals surface area contributed by atoms with Crippen LogP contribution in [-0.2, 0) is 14.9 Å². The summed E-state index contributed by atoms with van der Waals surface area (Å²) in [6.07, 6.45) is 5.88. The minimum atomic E-state index is -0.766. The average Bonchev–Trinajstić information content (AvgIpc) is 3.04. The summed E-state index contributed by atoms with van der Waals surface area (Å²) in [6.45, 7) is 1.82. The molecule has 1 aromatic rings. The number of hydrogen-bond acceptors (Lipinski definition) is 3. The summed E-state index contributed by atoms with van der Waals surface area (Å²) in [5.41, 5.74) is 6.89. The zero-order valence-electron chi connectivity index (χ0n) is 13.9. The molecule has 0 unspecified atom stereocenters. The number of nitrogens with two attached hydrogens (primary N) is 1. The van der Waals surface area contributed by atoms with Crippen LogP contribution in [0.3, 0.4) is 0 Å². The third kappa shape index (κ3) is 4.13. The van der Waals surface area contributed by atoms with Gasteiger partial charge in [0.1, 0.15) is 0 Å². The predicted molar refractivity (Wildman–Crippen MR) is 102 cm³/mol. The maximum atomic E-state index is 12.6. The molecule has 0 spiro atoms. The third-order valence-electron chi connectivity index (χ3n) is 5.44. The summed E-state index contributed by atoms with van der Waals surface area (Å²) in [4.78, 5) is 12.6. The highest BCUT2D eigenvalue weighted by molar-refractivity contribution is 9.10. The van der Waals surface area contributed by atoms with E-state index in [1.807, 2.05) is 0 Å². The van der Waals surface area contributed by atoms with Gasteiger partial charge in [-0.05, 0) is 43.4 Å². The summed E-state index contributed by atoms with van der Waals surface area (Å²) in [5, 5.41) is 3.16. The van der Waals surface area contributed by atoms with Crippen molar-refractivity contribution < 1.29 is 9.53 Å². The molecule has 1 saturated heterocycles. The Morgan fingerprint density at radius 2 is 1.71 bits per heavy atom. The van der Waals surface area contributed by atoms with E-state index in [-0.39, 0.29) is 23.7 Å². The van der Waals surface area contributed by atoms with Crippen LogP contribution in [0.2, 0.25) is 0 Å². The van der Waals surface area contributed by atoms with E-state index in [1.165, 1.54) is 18.4 Å². The Hall–Kier alpha value is -0.620. The highest BCUT2D eigenvalue weighted by Crippen LogP contribution is 2.41. The fourth-order valence-corrected chi connectivity index (χ4v) is 4.08. The van der Waals surface area contributed by atoms with Crippen molar-refractivity contribution >= 4 is 34.2 Å². The minimum absolute atomic E-state index is 0. The Balaban J connectivity index is 0.00000208. The van der Waals surface area contributed by atoms with Crippen LogP contribution in [0, 0.1) is 0 Å². The van der Waals surface area contributed by atoms with Gasteiger partial charge in [0.2, 0.25) is 5.91 Å². The second-order valence-electron chi connectivity index (χ2n) is 6.95. The molecule has 1 heterocycles. The normalized spacial score (nSPS) is 21.8. The number of nitrogens with one attached hydrogen (secondary N) is 1. The average molecular weight is 418 g/mol. The first-order valence-electron chi connectivity index (χ1n) is 8.45. The summed E-state index contributed by atoms with van der Waals surface area (Å²) in [7, 11) is 0. The van der Waals surface area contributed by atoms with Crippen LogP contribution in [0.15, 0.2) is 28.7 Å². The number of rotatable bonds is 4. The Morgan fingerprint density at radius 3 is 2.29 bits per heavy atom. The lowest BCUT2D eigenvalue weighted by molar-refractivity contribution is -0.130. The summed E-state index contributed by atoms with van der Waals surface area (Å²) < 4.78 is 6.41. The zero-order chi connectivity index (χ0) is 16.3. The molecule has 1 aliphatic carbocycles. The number of halogens is 2. The molecule has 0 atom stereocenters. The van der Waals surface area contributed by atoms with Crippen LogP contribution in [0.1, 0.15) is 44.1 Å². The van der Waals surface area contributed by atoms with Crippen LogP contribution >= 0.6 is 28.3 Å². The van der Waals surface area contributed by atoms with Gasteiger partial charge in [-0.15, -0.1) is 12.4 Å². The number of benzene rings is 1. The Kier molecular flexibility index (Phi) is 6.71. The molecule has 1 amide bonds. The number of carbonyl (C=O) groups is 1. The lowest BCUT2D eigenvalue weighted by atomic mass is 9.78. The van der Waals surface area contributed by atoms with Gasteiger partial charge in [0.05, 0.1) is 5.54 Å². The van der Waals surface area contributed by atoms with Crippen LogP contribution < -0.4 is 11.1 Å². The molecule has 1 saturated carbocycles. The Bertz CT molecular complexity index is 553. The molecule has 1 aromatic carbocycles. The first kappa shape index (κ1) is 19.7. The standard InChI is InChI=1S/C18H25BrN2O2.ClH/c19-15-5-3-14(4-6-15)17(7-1-2-8-17)13-21-16(22)18(20)9-11-23-12-10-18;/h3-6H,1-2,7-13,20H2,(H,21,22);1H. The summed E-state index contributed by atoms with van der Waals surface area (Å²) >= 11 is 3.49. The lowest BCUT2D eigenvalue weighted by Gasteiger charge is -2.35. The lowest BCUT2D eigenvalue weighted by Crippen LogP contribution is -2.58. The minimum Gasteiger partial charge on any atom is -0.381 e. The zero-order valence-corrected chi connectivity index (χ0v) is 16.3. The molecule has 2 fully saturated rings. The van der Waals surface area contributed by atoms with E-state index in [4.69, 9.17) is 10.5 Å². The van der Waals surface area contributed by atoms with E-state index in [0.29, 0.717) is 32.6 Å². The maximum Gasteiger partial charge on any atom is 0.240 e. The van der Waals surface area contributed by atoms with Crippen molar-refractivity contribution in [2.45, 2.75) is 49.5 Å². The molecule has 0 aromatic heterocycles. The molecular weight excluding hydrogens is 392 g/mol. The van der Waals surface area contributed by atoms with Gasteiger partial charge in [-0.1, -0.05) is 40.9 Å². The van der Waals surface area contributed by atoms with Gasteiger partial charge in [-0.25, -0.2) is 0 Å². The van der Waals surface area contributed by atoms with Crippen molar-refractivity contribution in [2.24, 2.45) is 5.73 Å². The molecule has 4 nitrogen and oxygen atoms in total. The molecule has 6 heteroatoms. The van der Waals surface area contributed by atoms with E-state index in [2.05, 4.69) is 45.5 Å². The topological polar surface area (TPSA) is 64.4 Å². The highest BCUT2D eigenvalue weighted by Gasteiger charge is 2.40. The van der Waals surface area contributed by atoms with E-state index in [1.54, 1.807) is 0 Å². The van der Waals surface area contributed by atoms with Gasteiger partial charge < -0.3 is 15.8 Å². The summed E-state index contributed by atoms with van der Waals surface area (Å²) in [5.74, 6) is -0.0239. The molecule has 3 N–H and O–H groups in total. The maximum absolute atomic E-state index is 12.6. The predicted octanol–water partition coefficient (Wildman–Crippen LogP) is 3.31. The SMILES string of the molecule is Cl.NC1(C(=O)NCC2(c3ccc(Br)cc3)CCCC2)CCOCC1. The number of carbonyl (C=O) groups excluding carboxylic acids is 1. The molecule has 2 aliphatic rings. The molecular formula is C18H26BrClN2O2. The van der Waals surface area contributed by atoms with Gasteiger partial charge >= 0.3 is 0 Å². The molecule has 134 valence electrons. The second kappa shape index (κ2) is 8.17. The molecule has 3 rings (SSSR count). The van der Waals surface area contributed by atoms with Crippen molar-refractivity contribution in [2.75, 3.05) is 19.8 Å². The van der Waals surface area contributed by atoms with Crippen molar-refractivity contribution in [1.29, 1.82) is 0 Å². The van der Waals surface area contributed by atoms with Gasteiger partial charge in [0, 0.05) is 29.6 Å². The van der Waals surface area contributed by atoms with Crippen molar-refractivity contribution in [3.8, 4) is 0 Å². The van der Waals surface area contributed by atoms with E-state index in [0.717, 1.165) is 17.3 Å². The largest absolute Gasteiger partial charge is 0.381 e.